The molecule has 0 spiro atoms. The van der Waals surface area contributed by atoms with Crippen LogP contribution in [0, 0.1) is 0 Å². The van der Waals surface area contributed by atoms with Crippen molar-refractivity contribution in [3.8, 4) is 5.75 Å². The van der Waals surface area contributed by atoms with Crippen LogP contribution in [0.15, 0.2) is 47.4 Å². The molecule has 2 heterocycles. The zero-order valence-corrected chi connectivity index (χ0v) is 19.7. The molecule has 0 radical (unpaired) electrons. The van der Waals surface area contributed by atoms with Crippen molar-refractivity contribution in [2.75, 3.05) is 36.8 Å². The molecular weight excluding hydrogens is 460 g/mol. The molecule has 3 amide bonds. The average molecular weight is 487 g/mol. The molecule has 2 aromatic rings. The Kier molecular flexibility index (Phi) is 6.58. The number of amides is 3. The monoisotopic (exact) mass is 486 g/mol. The van der Waals surface area contributed by atoms with Crippen LogP contribution in [-0.2, 0) is 19.6 Å². The maximum atomic E-state index is 13.2. The summed E-state index contributed by atoms with van der Waals surface area (Å²) in [4.78, 5) is 37.9. The van der Waals surface area contributed by atoms with Crippen molar-refractivity contribution in [1.82, 2.24) is 9.21 Å². The van der Waals surface area contributed by atoms with E-state index < -0.39 is 16.1 Å². The molecule has 1 atom stereocenters. The fraction of sp³-hybridized carbons (Fsp3) is 0.348. The highest BCUT2D eigenvalue weighted by atomic mass is 32.2. The van der Waals surface area contributed by atoms with Crippen molar-refractivity contribution in [2.24, 2.45) is 0 Å². The lowest BCUT2D eigenvalue weighted by Gasteiger charge is -2.34. The van der Waals surface area contributed by atoms with Crippen molar-refractivity contribution in [1.29, 1.82) is 0 Å². The topological polar surface area (TPSA) is 125 Å². The Bertz CT molecular complexity index is 1240. The summed E-state index contributed by atoms with van der Waals surface area (Å²) in [5.41, 5.74) is 1.26. The van der Waals surface area contributed by atoms with E-state index in [9.17, 15) is 22.8 Å². The Morgan fingerprint density at radius 1 is 1.12 bits per heavy atom. The van der Waals surface area contributed by atoms with E-state index in [2.05, 4.69) is 10.6 Å². The smallest absolute Gasteiger partial charge is 0.265 e. The molecule has 34 heavy (non-hydrogen) atoms. The van der Waals surface area contributed by atoms with Gasteiger partial charge in [0.1, 0.15) is 5.75 Å². The van der Waals surface area contributed by atoms with Crippen molar-refractivity contribution in [2.45, 2.75) is 31.3 Å². The van der Waals surface area contributed by atoms with Gasteiger partial charge in [0.15, 0.2) is 6.10 Å². The molecule has 2 aliphatic rings. The van der Waals surface area contributed by atoms with Gasteiger partial charge in [0, 0.05) is 44.4 Å². The highest BCUT2D eigenvalue weighted by Gasteiger charge is 2.32. The summed E-state index contributed by atoms with van der Waals surface area (Å²) >= 11 is 0. The SMILES string of the molecule is CCC1Oc2ccc(S(=O)(=O)N3CCN(C(=O)c4cccc(NC(C)=O)c4)CC3)cc2NC1=O. The Hall–Kier alpha value is -3.44. The van der Waals surface area contributed by atoms with Crippen molar-refractivity contribution in [3.63, 3.8) is 0 Å². The van der Waals surface area contributed by atoms with Crippen LogP contribution in [0.1, 0.15) is 30.6 Å². The summed E-state index contributed by atoms with van der Waals surface area (Å²) in [7, 11) is -3.83. The zero-order chi connectivity index (χ0) is 24.5. The second kappa shape index (κ2) is 9.43. The van der Waals surface area contributed by atoms with Crippen LogP contribution in [0.2, 0.25) is 0 Å². The first-order valence-electron chi connectivity index (χ1n) is 11.0. The van der Waals surface area contributed by atoms with E-state index in [0.717, 1.165) is 0 Å². The third kappa shape index (κ3) is 4.75. The number of carbonyl (C=O) groups excluding carboxylic acids is 3. The molecule has 2 aliphatic heterocycles. The van der Waals surface area contributed by atoms with E-state index in [-0.39, 0.29) is 48.8 Å². The van der Waals surface area contributed by atoms with Crippen molar-refractivity contribution >= 4 is 39.1 Å². The third-order valence-electron chi connectivity index (χ3n) is 5.73. The first-order chi connectivity index (χ1) is 16.2. The molecule has 11 heteroatoms. The molecule has 1 unspecified atom stereocenters. The van der Waals surface area contributed by atoms with Crippen LogP contribution < -0.4 is 15.4 Å². The standard InChI is InChI=1S/C23H26N4O6S/c1-3-20-22(29)25-19-14-18(7-8-21(19)33-20)34(31,32)27-11-9-26(10-12-27)23(30)16-5-4-6-17(13-16)24-15(2)28/h4-8,13-14,20H,3,9-12H2,1-2H3,(H,24,28)(H,25,29). The Labute approximate surface area is 197 Å². The number of carbonyl (C=O) groups is 3. The number of nitrogens with one attached hydrogen (secondary N) is 2. The number of hydrogen-bond acceptors (Lipinski definition) is 6. The second-order valence-corrected chi connectivity index (χ2v) is 10.1. The predicted octanol–water partition coefficient (Wildman–Crippen LogP) is 1.90. The number of hydrogen-bond donors (Lipinski definition) is 2. The first-order valence-corrected chi connectivity index (χ1v) is 12.4. The number of fused-ring (bicyclic) bond motifs is 1. The van der Waals surface area contributed by atoms with Gasteiger partial charge in [-0.25, -0.2) is 8.42 Å². The molecular formula is C23H26N4O6S. The molecule has 0 bridgehead atoms. The Morgan fingerprint density at radius 2 is 1.85 bits per heavy atom. The fourth-order valence-corrected chi connectivity index (χ4v) is 5.40. The van der Waals surface area contributed by atoms with Gasteiger partial charge in [-0.3, -0.25) is 14.4 Å². The molecule has 180 valence electrons. The molecule has 2 N–H and O–H groups in total. The first kappa shape index (κ1) is 23.7. The number of ether oxygens (including phenoxy) is 1. The van der Waals surface area contributed by atoms with Gasteiger partial charge in [0.2, 0.25) is 15.9 Å². The summed E-state index contributed by atoms with van der Waals surface area (Å²) in [5, 5.41) is 5.35. The number of rotatable bonds is 5. The summed E-state index contributed by atoms with van der Waals surface area (Å²) in [6.07, 6.45) is -0.0919. The lowest BCUT2D eigenvalue weighted by Crippen LogP contribution is -2.50. The van der Waals surface area contributed by atoms with Gasteiger partial charge in [-0.1, -0.05) is 13.0 Å². The van der Waals surface area contributed by atoms with E-state index in [0.29, 0.717) is 29.1 Å². The van der Waals surface area contributed by atoms with E-state index in [1.165, 1.54) is 23.4 Å². The van der Waals surface area contributed by atoms with E-state index in [1.807, 2.05) is 6.92 Å². The maximum absolute atomic E-state index is 13.2. The van der Waals surface area contributed by atoms with Crippen LogP contribution in [0.25, 0.3) is 0 Å². The Morgan fingerprint density at radius 3 is 2.53 bits per heavy atom. The fourth-order valence-electron chi connectivity index (χ4n) is 3.96. The molecule has 2 aromatic carbocycles. The van der Waals surface area contributed by atoms with Crippen LogP contribution in [0.3, 0.4) is 0 Å². The van der Waals surface area contributed by atoms with Gasteiger partial charge in [0.25, 0.3) is 11.8 Å². The highest BCUT2D eigenvalue weighted by Crippen LogP contribution is 2.33. The predicted molar refractivity (Wildman–Crippen MR) is 125 cm³/mol. The van der Waals surface area contributed by atoms with Gasteiger partial charge in [-0.2, -0.15) is 4.31 Å². The minimum Gasteiger partial charge on any atom is -0.478 e. The van der Waals surface area contributed by atoms with Crippen LogP contribution in [-0.4, -0.2) is 67.6 Å². The lowest BCUT2D eigenvalue weighted by atomic mass is 10.1. The molecule has 4 rings (SSSR count). The van der Waals surface area contributed by atoms with Crippen molar-refractivity contribution < 1.29 is 27.5 Å². The van der Waals surface area contributed by atoms with E-state index >= 15 is 0 Å². The quantitative estimate of drug-likeness (QED) is 0.665. The molecule has 0 saturated carbocycles. The van der Waals surface area contributed by atoms with Gasteiger partial charge in [0.05, 0.1) is 10.6 Å². The second-order valence-electron chi connectivity index (χ2n) is 8.12. The van der Waals surface area contributed by atoms with Crippen LogP contribution in [0.4, 0.5) is 11.4 Å². The Balaban J connectivity index is 1.44. The summed E-state index contributed by atoms with van der Waals surface area (Å²) in [6.45, 7) is 3.95. The zero-order valence-electron chi connectivity index (χ0n) is 18.9. The number of benzene rings is 2. The van der Waals surface area contributed by atoms with E-state index in [4.69, 9.17) is 4.74 Å². The summed E-state index contributed by atoms with van der Waals surface area (Å²) in [5.74, 6) is -0.341. The minimum atomic E-state index is -3.83. The van der Waals surface area contributed by atoms with Gasteiger partial charge >= 0.3 is 0 Å². The van der Waals surface area contributed by atoms with E-state index in [1.54, 1.807) is 35.2 Å². The number of piperazine rings is 1. The highest BCUT2D eigenvalue weighted by molar-refractivity contribution is 7.89. The molecule has 0 aliphatic carbocycles. The normalized spacial score (nSPS) is 18.5. The largest absolute Gasteiger partial charge is 0.478 e. The molecule has 10 nitrogen and oxygen atoms in total. The van der Waals surface area contributed by atoms with Crippen LogP contribution in [0.5, 0.6) is 5.75 Å². The summed E-state index contributed by atoms with van der Waals surface area (Å²) in [6, 6.07) is 11.0. The lowest BCUT2D eigenvalue weighted by molar-refractivity contribution is -0.123. The van der Waals surface area contributed by atoms with Crippen molar-refractivity contribution in [3.05, 3.63) is 48.0 Å². The summed E-state index contributed by atoms with van der Waals surface area (Å²) < 4.78 is 33.4. The molecule has 0 aromatic heterocycles. The molecule has 1 saturated heterocycles. The average Bonchev–Trinajstić information content (AvgIpc) is 2.82. The molecule has 1 fully saturated rings. The third-order valence-corrected chi connectivity index (χ3v) is 7.63. The van der Waals surface area contributed by atoms with Crippen LogP contribution >= 0.6 is 0 Å². The number of anilines is 2. The minimum absolute atomic E-state index is 0.0490. The van der Waals surface area contributed by atoms with Gasteiger partial charge in [-0.05, 0) is 42.8 Å². The van der Waals surface area contributed by atoms with Gasteiger partial charge in [-0.15, -0.1) is 0 Å². The maximum Gasteiger partial charge on any atom is 0.265 e. The number of sulfonamides is 1. The van der Waals surface area contributed by atoms with Gasteiger partial charge < -0.3 is 20.3 Å². The number of nitrogens with zero attached hydrogens (tertiary/aromatic N) is 2.